The Morgan fingerprint density at radius 3 is 2.76 bits per heavy atom. The summed E-state index contributed by atoms with van der Waals surface area (Å²) in [6.45, 7) is 3.26. The smallest absolute Gasteiger partial charge is 0.218 e. The largest absolute Gasteiger partial charge is 0.473 e. The highest BCUT2D eigenvalue weighted by Gasteiger charge is 2.03. The van der Waals surface area contributed by atoms with Gasteiger partial charge in [0.05, 0.1) is 0 Å². The molecule has 5 heteroatoms. The molecule has 1 heterocycles. The number of aromatic nitrogens is 2. The van der Waals surface area contributed by atoms with Gasteiger partial charge < -0.3 is 9.47 Å². The van der Waals surface area contributed by atoms with Crippen LogP contribution in [-0.2, 0) is 11.3 Å². The Morgan fingerprint density at radius 2 is 2.00 bits per heavy atom. The summed E-state index contributed by atoms with van der Waals surface area (Å²) in [5.74, 6) is 0.966. The third-order valence-electron chi connectivity index (χ3n) is 2.59. The predicted octanol–water partition coefficient (Wildman–Crippen LogP) is 3.76. The van der Waals surface area contributed by atoms with Gasteiger partial charge in [0.25, 0.3) is 0 Å². The molecule has 0 aliphatic rings. The van der Waals surface area contributed by atoms with Gasteiger partial charge in [-0.2, -0.15) is 4.98 Å². The van der Waals surface area contributed by atoms with E-state index in [2.05, 4.69) is 9.97 Å². The molecule has 1 aromatic carbocycles. The van der Waals surface area contributed by atoms with Crippen molar-refractivity contribution in [2.45, 2.75) is 13.5 Å². The van der Waals surface area contributed by atoms with E-state index >= 15 is 0 Å². The maximum absolute atomic E-state index is 5.93. The molecule has 110 valence electrons. The van der Waals surface area contributed by atoms with Crippen LogP contribution in [0.1, 0.15) is 18.3 Å². The summed E-state index contributed by atoms with van der Waals surface area (Å²) in [4.78, 5) is 8.32. The van der Waals surface area contributed by atoms with Crippen molar-refractivity contribution < 1.29 is 9.47 Å². The second-order valence-corrected chi connectivity index (χ2v) is 4.59. The van der Waals surface area contributed by atoms with Crippen LogP contribution in [0.2, 0.25) is 5.15 Å². The van der Waals surface area contributed by atoms with E-state index in [1.54, 1.807) is 6.07 Å². The molecule has 1 aromatic heterocycles. The molecule has 0 unspecified atom stereocenters. The average molecular weight is 305 g/mol. The first-order valence-electron chi connectivity index (χ1n) is 6.73. The second kappa shape index (κ2) is 8.39. The Bertz CT molecular complexity index is 588. The van der Waals surface area contributed by atoms with E-state index in [-0.39, 0.29) is 0 Å². The predicted molar refractivity (Wildman–Crippen MR) is 83.3 cm³/mol. The highest BCUT2D eigenvalue weighted by molar-refractivity contribution is 6.29. The Hall–Kier alpha value is -1.91. The number of halogens is 1. The molecule has 0 aliphatic heterocycles. The molecule has 0 aliphatic carbocycles. The van der Waals surface area contributed by atoms with Crippen LogP contribution < -0.4 is 4.74 Å². The van der Waals surface area contributed by atoms with Gasteiger partial charge in [-0.15, -0.1) is 0 Å². The zero-order chi connectivity index (χ0) is 14.9. The van der Waals surface area contributed by atoms with Crippen molar-refractivity contribution in [3.05, 3.63) is 59.0 Å². The number of hydrogen-bond donors (Lipinski definition) is 0. The van der Waals surface area contributed by atoms with Crippen molar-refractivity contribution in [1.82, 2.24) is 9.97 Å². The highest BCUT2D eigenvalue weighted by atomic mass is 35.5. The standard InChI is InChI=1S/C16H17ClN2O2/c1-2-20-12-15-18-14(17)11-16(19-15)21-10-6-9-13-7-4-3-5-8-13/h3-9,11H,2,10,12H2,1H3/b9-6+. The first-order chi connectivity index (χ1) is 10.3. The van der Waals surface area contributed by atoms with Crippen LogP contribution >= 0.6 is 11.6 Å². The van der Waals surface area contributed by atoms with Crippen molar-refractivity contribution >= 4 is 17.7 Å². The van der Waals surface area contributed by atoms with Gasteiger partial charge in [-0.1, -0.05) is 48.0 Å². The van der Waals surface area contributed by atoms with Gasteiger partial charge in [0.2, 0.25) is 5.88 Å². The third kappa shape index (κ3) is 5.53. The molecule has 0 atom stereocenters. The second-order valence-electron chi connectivity index (χ2n) is 4.21. The lowest BCUT2D eigenvalue weighted by Crippen LogP contribution is -2.03. The third-order valence-corrected chi connectivity index (χ3v) is 2.78. The number of hydrogen-bond acceptors (Lipinski definition) is 4. The quantitative estimate of drug-likeness (QED) is 0.731. The molecule has 0 saturated carbocycles. The first-order valence-corrected chi connectivity index (χ1v) is 7.11. The number of nitrogens with zero attached hydrogens (tertiary/aromatic N) is 2. The molecule has 4 nitrogen and oxygen atoms in total. The molecule has 0 amide bonds. The molecular formula is C16H17ClN2O2. The minimum absolute atomic E-state index is 0.327. The zero-order valence-electron chi connectivity index (χ0n) is 11.8. The first kappa shape index (κ1) is 15.5. The fourth-order valence-corrected chi connectivity index (χ4v) is 1.85. The summed E-state index contributed by atoms with van der Waals surface area (Å²) in [6.07, 6.45) is 3.91. The lowest BCUT2D eigenvalue weighted by molar-refractivity contribution is 0.127. The minimum Gasteiger partial charge on any atom is -0.473 e. The minimum atomic E-state index is 0.327. The van der Waals surface area contributed by atoms with Crippen LogP contribution in [0.15, 0.2) is 42.5 Å². The molecule has 0 radical (unpaired) electrons. The van der Waals surface area contributed by atoms with Crippen LogP contribution in [-0.4, -0.2) is 23.2 Å². The maximum Gasteiger partial charge on any atom is 0.218 e. The van der Waals surface area contributed by atoms with Crippen LogP contribution in [0.4, 0.5) is 0 Å². The van der Waals surface area contributed by atoms with Gasteiger partial charge in [0.15, 0.2) is 5.82 Å². The summed E-state index contributed by atoms with van der Waals surface area (Å²) >= 11 is 5.93. The molecule has 2 aromatic rings. The number of ether oxygens (including phenoxy) is 2. The molecule has 0 spiro atoms. The van der Waals surface area contributed by atoms with E-state index in [9.17, 15) is 0 Å². The molecule has 0 saturated heterocycles. The van der Waals surface area contributed by atoms with E-state index in [1.165, 1.54) is 0 Å². The van der Waals surface area contributed by atoms with Crippen molar-refractivity contribution in [2.75, 3.05) is 13.2 Å². The summed E-state index contributed by atoms with van der Waals surface area (Å²) in [6, 6.07) is 11.6. The van der Waals surface area contributed by atoms with E-state index in [1.807, 2.05) is 49.4 Å². The Kier molecular flexibility index (Phi) is 6.19. The number of benzene rings is 1. The van der Waals surface area contributed by atoms with Crippen LogP contribution in [0.3, 0.4) is 0 Å². The molecule has 0 fully saturated rings. The molecular weight excluding hydrogens is 288 g/mol. The number of rotatable bonds is 7. The molecule has 2 rings (SSSR count). The monoisotopic (exact) mass is 304 g/mol. The Labute approximate surface area is 129 Å². The molecule has 0 bridgehead atoms. The fraction of sp³-hybridized carbons (Fsp3) is 0.250. The van der Waals surface area contributed by atoms with E-state index < -0.39 is 0 Å². The van der Waals surface area contributed by atoms with Crippen LogP contribution in [0.25, 0.3) is 6.08 Å². The lowest BCUT2D eigenvalue weighted by Gasteiger charge is -2.05. The SMILES string of the molecule is CCOCc1nc(Cl)cc(OC/C=C/c2ccccc2)n1. The highest BCUT2D eigenvalue weighted by Crippen LogP contribution is 2.14. The van der Waals surface area contributed by atoms with Gasteiger partial charge in [-0.3, -0.25) is 0 Å². The maximum atomic E-state index is 5.93. The average Bonchev–Trinajstić information content (AvgIpc) is 2.50. The van der Waals surface area contributed by atoms with E-state index in [0.29, 0.717) is 36.7 Å². The summed E-state index contributed by atoms with van der Waals surface area (Å²) in [5, 5.41) is 0.349. The van der Waals surface area contributed by atoms with Gasteiger partial charge >= 0.3 is 0 Å². The normalized spacial score (nSPS) is 11.0. The zero-order valence-corrected chi connectivity index (χ0v) is 12.6. The Morgan fingerprint density at radius 1 is 1.19 bits per heavy atom. The van der Waals surface area contributed by atoms with Crippen molar-refractivity contribution in [3.63, 3.8) is 0 Å². The lowest BCUT2D eigenvalue weighted by atomic mass is 10.2. The van der Waals surface area contributed by atoms with Gasteiger partial charge in [-0.25, -0.2) is 4.98 Å². The van der Waals surface area contributed by atoms with Crippen LogP contribution in [0, 0.1) is 0 Å². The van der Waals surface area contributed by atoms with Gasteiger partial charge in [-0.05, 0) is 18.6 Å². The molecule has 0 N–H and O–H groups in total. The van der Waals surface area contributed by atoms with E-state index in [0.717, 1.165) is 5.56 Å². The molecule has 21 heavy (non-hydrogen) atoms. The summed E-state index contributed by atoms with van der Waals surface area (Å²) in [7, 11) is 0. The van der Waals surface area contributed by atoms with E-state index in [4.69, 9.17) is 21.1 Å². The Balaban J connectivity index is 1.90. The van der Waals surface area contributed by atoms with Crippen molar-refractivity contribution in [3.8, 4) is 5.88 Å². The summed E-state index contributed by atoms with van der Waals surface area (Å²) in [5.41, 5.74) is 1.12. The van der Waals surface area contributed by atoms with Gasteiger partial charge in [0, 0.05) is 12.7 Å². The topological polar surface area (TPSA) is 44.2 Å². The van der Waals surface area contributed by atoms with Crippen molar-refractivity contribution in [1.29, 1.82) is 0 Å². The fourth-order valence-electron chi connectivity index (χ4n) is 1.66. The van der Waals surface area contributed by atoms with Crippen LogP contribution in [0.5, 0.6) is 5.88 Å². The summed E-state index contributed by atoms with van der Waals surface area (Å²) < 4.78 is 10.8. The van der Waals surface area contributed by atoms with Gasteiger partial charge in [0.1, 0.15) is 18.4 Å². The van der Waals surface area contributed by atoms with Crippen molar-refractivity contribution in [2.24, 2.45) is 0 Å².